The van der Waals surface area contributed by atoms with Crippen molar-refractivity contribution in [2.75, 3.05) is 26.5 Å². The Labute approximate surface area is 127 Å². The predicted molar refractivity (Wildman–Crippen MR) is 89.1 cm³/mol. The zero-order valence-corrected chi connectivity index (χ0v) is 16.2. The van der Waals surface area contributed by atoms with Crippen molar-refractivity contribution < 1.29 is 13.6 Å². The van der Waals surface area contributed by atoms with E-state index in [9.17, 15) is 0 Å². The highest BCUT2D eigenvalue weighted by Gasteiger charge is 2.42. The molecular weight excluding hydrogens is 271 g/mol. The van der Waals surface area contributed by atoms with Gasteiger partial charge in [-0.15, -0.1) is 0 Å². The van der Waals surface area contributed by atoms with Crippen LogP contribution in [0.25, 0.3) is 0 Å². The van der Waals surface area contributed by atoms with E-state index < -0.39 is 7.94 Å². The Morgan fingerprint density at radius 1 is 0.550 bits per heavy atom. The van der Waals surface area contributed by atoms with Crippen LogP contribution in [0.5, 0.6) is 0 Å². The van der Waals surface area contributed by atoms with Gasteiger partial charge in [-0.1, -0.05) is 62.3 Å². The van der Waals surface area contributed by atoms with Gasteiger partial charge < -0.3 is 0 Å². The molecule has 0 aromatic heterocycles. The molecule has 0 aromatic carbocycles. The molecule has 0 atom stereocenters. The van der Waals surface area contributed by atoms with Crippen LogP contribution < -0.4 is 0 Å². The van der Waals surface area contributed by atoms with Crippen molar-refractivity contribution in [3.8, 4) is 0 Å². The molecule has 4 heteroatoms. The lowest BCUT2D eigenvalue weighted by atomic mass is 9.99. The zero-order valence-electron chi connectivity index (χ0n) is 15.3. The highest BCUT2D eigenvalue weighted by Crippen LogP contribution is 2.60. The third-order valence-electron chi connectivity index (χ3n) is 2.20. The van der Waals surface area contributed by atoms with Crippen LogP contribution >= 0.6 is 7.94 Å². The SMILES string of the molecule is CC(C)(C)CO[P+](C)(OCC(C)(C)C)OCC(C)(C)C. The van der Waals surface area contributed by atoms with Crippen molar-refractivity contribution in [2.45, 2.75) is 62.3 Å². The quantitative estimate of drug-likeness (QED) is 0.601. The van der Waals surface area contributed by atoms with Gasteiger partial charge in [0.25, 0.3) is 0 Å². The van der Waals surface area contributed by atoms with Crippen LogP contribution in [0.1, 0.15) is 62.3 Å². The summed E-state index contributed by atoms with van der Waals surface area (Å²) in [6.45, 7) is 23.3. The van der Waals surface area contributed by atoms with E-state index in [1.54, 1.807) is 0 Å². The van der Waals surface area contributed by atoms with Gasteiger partial charge in [-0.05, 0) is 16.2 Å². The van der Waals surface area contributed by atoms with Gasteiger partial charge in [0.1, 0.15) is 26.5 Å². The highest BCUT2D eigenvalue weighted by atomic mass is 31.2. The van der Waals surface area contributed by atoms with Crippen LogP contribution in [-0.4, -0.2) is 26.5 Å². The molecule has 0 aliphatic heterocycles. The maximum absolute atomic E-state index is 6.05. The maximum Gasteiger partial charge on any atom is 0.408 e. The van der Waals surface area contributed by atoms with Crippen LogP contribution in [0.3, 0.4) is 0 Å². The molecule has 0 spiro atoms. The molecule has 0 bridgehead atoms. The van der Waals surface area contributed by atoms with Crippen LogP contribution in [0, 0.1) is 16.2 Å². The van der Waals surface area contributed by atoms with E-state index in [1.165, 1.54) is 0 Å². The first-order valence-corrected chi connectivity index (χ1v) is 9.41. The van der Waals surface area contributed by atoms with Gasteiger partial charge in [0.05, 0.1) is 0 Å². The van der Waals surface area contributed by atoms with Crippen LogP contribution in [0.4, 0.5) is 0 Å². The average molecular weight is 307 g/mol. The molecule has 0 rings (SSSR count). The van der Waals surface area contributed by atoms with Crippen molar-refractivity contribution in [3.63, 3.8) is 0 Å². The molecule has 0 aromatic rings. The van der Waals surface area contributed by atoms with Gasteiger partial charge in [-0.3, -0.25) is 0 Å². The molecule has 3 nitrogen and oxygen atoms in total. The molecule has 0 fully saturated rings. The maximum atomic E-state index is 6.05. The summed E-state index contributed by atoms with van der Waals surface area (Å²) in [4.78, 5) is 0. The Morgan fingerprint density at radius 3 is 0.900 bits per heavy atom. The summed E-state index contributed by atoms with van der Waals surface area (Å²) in [6.07, 6.45) is 0. The zero-order chi connectivity index (χ0) is 16.2. The van der Waals surface area contributed by atoms with Crippen LogP contribution in [0.2, 0.25) is 0 Å². The monoisotopic (exact) mass is 307 g/mol. The Balaban J connectivity index is 4.66. The lowest BCUT2D eigenvalue weighted by Gasteiger charge is -2.28. The molecule has 0 saturated carbocycles. The Morgan fingerprint density at radius 2 is 0.750 bits per heavy atom. The molecular formula is C16H36O3P+. The fraction of sp³-hybridized carbons (Fsp3) is 1.00. The third kappa shape index (κ3) is 12.1. The Kier molecular flexibility index (Phi) is 7.16. The topological polar surface area (TPSA) is 27.7 Å². The third-order valence-corrected chi connectivity index (χ3v) is 3.99. The lowest BCUT2D eigenvalue weighted by molar-refractivity contribution is 0.0685. The van der Waals surface area contributed by atoms with Gasteiger partial charge in [-0.25, -0.2) is 0 Å². The minimum absolute atomic E-state index is 0.109. The first-order chi connectivity index (χ1) is 8.62. The summed E-state index contributed by atoms with van der Waals surface area (Å²) in [6, 6.07) is 0. The smallest absolute Gasteiger partial charge is 0.178 e. The van der Waals surface area contributed by atoms with E-state index in [1.807, 2.05) is 6.66 Å². The second-order valence-electron chi connectivity index (χ2n) is 9.27. The van der Waals surface area contributed by atoms with Crippen LogP contribution in [0.15, 0.2) is 0 Å². The van der Waals surface area contributed by atoms with Crippen molar-refractivity contribution in [2.24, 2.45) is 16.2 Å². The molecule has 0 N–H and O–H groups in total. The fourth-order valence-electron chi connectivity index (χ4n) is 1.04. The van der Waals surface area contributed by atoms with Gasteiger partial charge in [0.15, 0.2) is 0 Å². The number of hydrogen-bond acceptors (Lipinski definition) is 3. The number of rotatable bonds is 6. The first-order valence-electron chi connectivity index (χ1n) is 7.42. The molecule has 0 saturated heterocycles. The van der Waals surface area contributed by atoms with E-state index in [0.29, 0.717) is 19.8 Å². The molecule has 0 unspecified atom stereocenters. The van der Waals surface area contributed by atoms with Gasteiger partial charge in [0, 0.05) is 0 Å². The number of hydrogen-bond donors (Lipinski definition) is 0. The van der Waals surface area contributed by atoms with Gasteiger partial charge in [0.2, 0.25) is 0 Å². The summed E-state index contributed by atoms with van der Waals surface area (Å²) in [5.74, 6) is 0. The van der Waals surface area contributed by atoms with Crippen molar-refractivity contribution in [1.82, 2.24) is 0 Å². The van der Waals surface area contributed by atoms with Crippen molar-refractivity contribution in [1.29, 1.82) is 0 Å². The first kappa shape index (κ1) is 20.3. The summed E-state index contributed by atoms with van der Waals surface area (Å²) < 4.78 is 18.2. The van der Waals surface area contributed by atoms with E-state index >= 15 is 0 Å². The van der Waals surface area contributed by atoms with Crippen molar-refractivity contribution >= 4 is 7.94 Å². The van der Waals surface area contributed by atoms with E-state index in [-0.39, 0.29) is 16.2 Å². The summed E-state index contributed by atoms with van der Waals surface area (Å²) >= 11 is 0. The predicted octanol–water partition coefficient (Wildman–Crippen LogP) is 5.57. The lowest BCUT2D eigenvalue weighted by Crippen LogP contribution is -2.23. The fourth-order valence-corrected chi connectivity index (χ4v) is 3.13. The minimum atomic E-state index is -2.26. The molecule has 122 valence electrons. The van der Waals surface area contributed by atoms with Crippen molar-refractivity contribution in [3.05, 3.63) is 0 Å². The second kappa shape index (κ2) is 7.05. The van der Waals surface area contributed by atoms with E-state index in [4.69, 9.17) is 13.6 Å². The summed E-state index contributed by atoms with van der Waals surface area (Å²) in [5.41, 5.74) is 0.326. The Hall–Kier alpha value is 0.310. The summed E-state index contributed by atoms with van der Waals surface area (Å²) in [7, 11) is -2.26. The molecule has 0 radical (unpaired) electrons. The van der Waals surface area contributed by atoms with Gasteiger partial charge >= 0.3 is 7.94 Å². The summed E-state index contributed by atoms with van der Waals surface area (Å²) in [5, 5.41) is 0. The Bertz CT molecular complexity index is 236. The molecule has 0 aliphatic rings. The van der Waals surface area contributed by atoms with E-state index in [2.05, 4.69) is 62.3 Å². The van der Waals surface area contributed by atoms with E-state index in [0.717, 1.165) is 0 Å². The highest BCUT2D eigenvalue weighted by molar-refractivity contribution is 7.60. The van der Waals surface area contributed by atoms with Crippen LogP contribution in [-0.2, 0) is 13.6 Å². The molecule has 20 heavy (non-hydrogen) atoms. The molecule has 0 aliphatic carbocycles. The standard InChI is InChI=1S/C16H36O3P/c1-14(2,3)11-17-20(10,18-12-15(4,5)6)19-13-16(7,8)9/h11-13H2,1-10H3/q+1. The van der Waals surface area contributed by atoms with Gasteiger partial charge in [-0.2, -0.15) is 13.6 Å². The molecule has 0 heterocycles. The largest absolute Gasteiger partial charge is 0.408 e. The average Bonchev–Trinajstić information content (AvgIpc) is 2.18. The minimum Gasteiger partial charge on any atom is -0.178 e. The molecule has 0 amide bonds. The normalized spacial score (nSPS) is 14.7. The second-order valence-corrected chi connectivity index (χ2v) is 11.6.